The Hall–Kier alpha value is -2.93. The van der Waals surface area contributed by atoms with E-state index >= 15 is 0 Å². The summed E-state index contributed by atoms with van der Waals surface area (Å²) in [4.78, 5) is 27.6. The number of rotatable bonds is 6. The van der Waals surface area contributed by atoms with Gasteiger partial charge in [-0.3, -0.25) is 14.6 Å². The molecule has 1 aromatic heterocycles. The van der Waals surface area contributed by atoms with E-state index in [2.05, 4.69) is 15.6 Å². The lowest BCUT2D eigenvalue weighted by Crippen LogP contribution is -2.38. The first-order valence-corrected chi connectivity index (χ1v) is 7.30. The van der Waals surface area contributed by atoms with E-state index in [1.165, 1.54) is 13.3 Å². The first-order chi connectivity index (χ1) is 11.7. The first kappa shape index (κ1) is 17.4. The molecule has 0 saturated heterocycles. The third-order valence-electron chi connectivity index (χ3n) is 3.34. The number of anilines is 1. The van der Waals surface area contributed by atoms with Crippen LogP contribution < -0.4 is 15.4 Å². The Morgan fingerprint density at radius 3 is 2.58 bits per heavy atom. The topological polar surface area (TPSA) is 89.5 Å². The van der Waals surface area contributed by atoms with Gasteiger partial charge in [0.2, 0.25) is 0 Å². The molecule has 7 nitrogen and oxygen atoms in total. The molecule has 1 atom stereocenters. The van der Waals surface area contributed by atoms with E-state index in [0.29, 0.717) is 11.4 Å². The predicted molar refractivity (Wildman–Crippen MR) is 88.6 cm³/mol. The highest BCUT2D eigenvalue weighted by atomic mass is 16.5. The fourth-order valence-electron chi connectivity index (χ4n) is 2.14. The Morgan fingerprint density at radius 2 is 1.92 bits per heavy atom. The maximum Gasteiger partial charge on any atom is 0.313 e. The molecule has 0 aliphatic carbocycles. The molecule has 2 amide bonds. The quantitative estimate of drug-likeness (QED) is 0.785. The molecule has 2 N–H and O–H groups in total. The fourth-order valence-corrected chi connectivity index (χ4v) is 2.14. The number of hydrogen-bond donors (Lipinski definition) is 2. The van der Waals surface area contributed by atoms with Gasteiger partial charge in [0.1, 0.15) is 11.9 Å². The third-order valence-corrected chi connectivity index (χ3v) is 3.34. The molecule has 0 aliphatic rings. The van der Waals surface area contributed by atoms with Crippen molar-refractivity contribution in [2.75, 3.05) is 26.1 Å². The van der Waals surface area contributed by atoms with E-state index in [4.69, 9.17) is 9.47 Å². The van der Waals surface area contributed by atoms with Gasteiger partial charge in [-0.25, -0.2) is 0 Å². The summed E-state index contributed by atoms with van der Waals surface area (Å²) in [7, 11) is 3.09. The molecule has 1 heterocycles. The van der Waals surface area contributed by atoms with Crippen LogP contribution in [0.15, 0.2) is 48.8 Å². The minimum atomic E-state index is -0.766. The Kier molecular flexibility index (Phi) is 6.27. The molecule has 24 heavy (non-hydrogen) atoms. The van der Waals surface area contributed by atoms with Crippen molar-refractivity contribution >= 4 is 17.5 Å². The summed E-state index contributed by atoms with van der Waals surface area (Å²) in [5, 5.41) is 5.02. The van der Waals surface area contributed by atoms with Gasteiger partial charge in [0, 0.05) is 25.4 Å². The number of benzene rings is 1. The summed E-state index contributed by atoms with van der Waals surface area (Å²) in [5.74, 6) is -0.868. The molecule has 0 aliphatic heterocycles. The number of nitrogens with one attached hydrogen (secondary N) is 2. The van der Waals surface area contributed by atoms with Crippen molar-refractivity contribution in [3.63, 3.8) is 0 Å². The molecule has 0 saturated carbocycles. The number of pyridine rings is 1. The van der Waals surface area contributed by atoms with Crippen LogP contribution in [-0.2, 0) is 14.3 Å². The lowest BCUT2D eigenvalue weighted by Gasteiger charge is -2.18. The first-order valence-electron chi connectivity index (χ1n) is 7.30. The second kappa shape index (κ2) is 8.64. The maximum atomic E-state index is 11.9. The SMILES string of the molecule is COc1ccccc1[C@@H](CNC(=O)C(=O)Nc1cccnc1)OC. The van der Waals surface area contributed by atoms with Gasteiger partial charge in [-0.15, -0.1) is 0 Å². The van der Waals surface area contributed by atoms with Crippen molar-refractivity contribution in [1.82, 2.24) is 10.3 Å². The minimum absolute atomic E-state index is 0.135. The number of para-hydroxylation sites is 1. The molecule has 0 spiro atoms. The Balaban J connectivity index is 1.95. The molecule has 0 fully saturated rings. The van der Waals surface area contributed by atoms with Crippen molar-refractivity contribution in [3.8, 4) is 5.75 Å². The van der Waals surface area contributed by atoms with E-state index in [0.717, 1.165) is 5.56 Å². The van der Waals surface area contributed by atoms with Crippen molar-refractivity contribution in [2.24, 2.45) is 0 Å². The average molecular weight is 329 g/mol. The van der Waals surface area contributed by atoms with Crippen molar-refractivity contribution < 1.29 is 19.1 Å². The molecule has 2 aromatic rings. The highest BCUT2D eigenvalue weighted by Crippen LogP contribution is 2.26. The van der Waals surface area contributed by atoms with Crippen LogP contribution in [0.1, 0.15) is 11.7 Å². The van der Waals surface area contributed by atoms with Crippen LogP contribution in [-0.4, -0.2) is 37.6 Å². The standard InChI is InChI=1S/C17H19N3O4/c1-23-14-8-4-3-7-13(14)15(24-2)11-19-16(21)17(22)20-12-6-5-9-18-10-12/h3-10,15H,11H2,1-2H3,(H,19,21)(H,20,22)/t15-/m1/s1. The summed E-state index contributed by atoms with van der Waals surface area (Å²) >= 11 is 0. The van der Waals surface area contributed by atoms with Gasteiger partial charge in [0.05, 0.1) is 19.0 Å². The minimum Gasteiger partial charge on any atom is -0.496 e. The van der Waals surface area contributed by atoms with E-state index in [1.807, 2.05) is 18.2 Å². The van der Waals surface area contributed by atoms with Crippen LogP contribution in [0.4, 0.5) is 5.69 Å². The van der Waals surface area contributed by atoms with Gasteiger partial charge in [-0.2, -0.15) is 0 Å². The van der Waals surface area contributed by atoms with Crippen LogP contribution >= 0.6 is 0 Å². The normalized spacial score (nSPS) is 11.4. The number of hydrogen-bond acceptors (Lipinski definition) is 5. The van der Waals surface area contributed by atoms with E-state index in [1.54, 1.807) is 31.5 Å². The zero-order valence-corrected chi connectivity index (χ0v) is 13.5. The molecule has 126 valence electrons. The molecule has 1 aromatic carbocycles. The smallest absolute Gasteiger partial charge is 0.313 e. The van der Waals surface area contributed by atoms with E-state index < -0.39 is 17.9 Å². The van der Waals surface area contributed by atoms with Gasteiger partial charge >= 0.3 is 11.8 Å². The fraction of sp³-hybridized carbons (Fsp3) is 0.235. The lowest BCUT2D eigenvalue weighted by molar-refractivity contribution is -0.136. The molecule has 0 unspecified atom stereocenters. The number of amides is 2. The number of ether oxygens (including phenoxy) is 2. The summed E-state index contributed by atoms with van der Waals surface area (Å²) in [5.41, 5.74) is 1.24. The van der Waals surface area contributed by atoms with Crippen LogP contribution in [0.2, 0.25) is 0 Å². The average Bonchev–Trinajstić information content (AvgIpc) is 2.63. The number of carbonyl (C=O) groups is 2. The van der Waals surface area contributed by atoms with Crippen LogP contribution in [0.5, 0.6) is 5.75 Å². The van der Waals surface area contributed by atoms with Gasteiger partial charge < -0.3 is 20.1 Å². The van der Waals surface area contributed by atoms with Crippen molar-refractivity contribution in [1.29, 1.82) is 0 Å². The molecule has 7 heteroatoms. The molecule has 0 radical (unpaired) electrons. The Bertz CT molecular complexity index is 691. The molecule has 2 rings (SSSR count). The van der Waals surface area contributed by atoms with Crippen LogP contribution in [0.25, 0.3) is 0 Å². The van der Waals surface area contributed by atoms with Gasteiger partial charge in [-0.05, 0) is 18.2 Å². The van der Waals surface area contributed by atoms with Gasteiger partial charge in [-0.1, -0.05) is 18.2 Å². The van der Waals surface area contributed by atoms with Crippen LogP contribution in [0, 0.1) is 0 Å². The summed E-state index contributed by atoms with van der Waals surface area (Å²) < 4.78 is 10.7. The van der Waals surface area contributed by atoms with E-state index in [9.17, 15) is 9.59 Å². The summed E-state index contributed by atoms with van der Waals surface area (Å²) in [6.07, 6.45) is 2.60. The Morgan fingerprint density at radius 1 is 1.12 bits per heavy atom. The third kappa shape index (κ3) is 4.53. The molecule has 0 bridgehead atoms. The van der Waals surface area contributed by atoms with E-state index in [-0.39, 0.29) is 6.54 Å². The second-order valence-electron chi connectivity index (χ2n) is 4.87. The predicted octanol–water partition coefficient (Wildman–Crippen LogP) is 1.53. The highest BCUT2D eigenvalue weighted by Gasteiger charge is 2.19. The maximum absolute atomic E-state index is 11.9. The monoisotopic (exact) mass is 329 g/mol. The van der Waals surface area contributed by atoms with Gasteiger partial charge in [0.15, 0.2) is 0 Å². The van der Waals surface area contributed by atoms with Gasteiger partial charge in [0.25, 0.3) is 0 Å². The highest BCUT2D eigenvalue weighted by molar-refractivity contribution is 6.39. The zero-order chi connectivity index (χ0) is 17.4. The summed E-state index contributed by atoms with van der Waals surface area (Å²) in [6, 6.07) is 10.6. The number of methoxy groups -OCH3 is 2. The summed E-state index contributed by atoms with van der Waals surface area (Å²) in [6.45, 7) is 0.135. The molecular weight excluding hydrogens is 310 g/mol. The number of carbonyl (C=O) groups excluding carboxylic acids is 2. The zero-order valence-electron chi connectivity index (χ0n) is 13.5. The number of aromatic nitrogens is 1. The Labute approximate surface area is 140 Å². The molecular formula is C17H19N3O4. The second-order valence-corrected chi connectivity index (χ2v) is 4.87. The van der Waals surface area contributed by atoms with Crippen molar-refractivity contribution in [3.05, 3.63) is 54.4 Å². The number of nitrogens with zero attached hydrogens (tertiary/aromatic N) is 1. The van der Waals surface area contributed by atoms with Crippen molar-refractivity contribution in [2.45, 2.75) is 6.10 Å². The lowest BCUT2D eigenvalue weighted by atomic mass is 10.1. The largest absolute Gasteiger partial charge is 0.496 e. The van der Waals surface area contributed by atoms with Crippen LogP contribution in [0.3, 0.4) is 0 Å².